The Morgan fingerprint density at radius 1 is 1.00 bits per heavy atom. The first-order chi connectivity index (χ1) is 14.3. The van der Waals surface area contributed by atoms with Crippen molar-refractivity contribution in [2.24, 2.45) is 40.4 Å². The Kier molecular flexibility index (Phi) is 5.86. The van der Waals surface area contributed by atoms with Crippen LogP contribution < -0.4 is 0 Å². The number of halogens is 3. The van der Waals surface area contributed by atoms with Crippen molar-refractivity contribution in [2.75, 3.05) is 6.61 Å². The zero-order valence-electron chi connectivity index (χ0n) is 19.4. The number of ketones is 1. The molecule has 0 aromatic rings. The molecule has 4 rings (SSSR count). The minimum absolute atomic E-state index is 0.0746. The maximum Gasteiger partial charge on any atom is 0.452 e. The Labute approximate surface area is 184 Å². The molecule has 31 heavy (non-hydrogen) atoms. The normalized spacial score (nSPS) is 48.5. The third kappa shape index (κ3) is 3.98. The van der Waals surface area contributed by atoms with Crippen LogP contribution >= 0.6 is 0 Å². The lowest BCUT2D eigenvalue weighted by Gasteiger charge is -2.62. The van der Waals surface area contributed by atoms with Crippen LogP contribution in [0.5, 0.6) is 0 Å². The highest BCUT2D eigenvalue weighted by atomic mass is 19.4. The van der Waals surface area contributed by atoms with Crippen LogP contribution in [0.2, 0.25) is 0 Å². The molecule has 178 valence electrons. The molecule has 4 aliphatic rings. The van der Waals surface area contributed by atoms with Crippen LogP contribution in [0.15, 0.2) is 0 Å². The first-order valence-corrected chi connectivity index (χ1v) is 12.2. The van der Waals surface area contributed by atoms with Gasteiger partial charge in [0.1, 0.15) is 6.61 Å². The van der Waals surface area contributed by atoms with Gasteiger partial charge in [0.05, 0.1) is 11.7 Å². The average Bonchev–Trinajstić information content (AvgIpc) is 3.02. The summed E-state index contributed by atoms with van der Waals surface area (Å²) in [6.07, 6.45) is 4.45. The minimum Gasteiger partial charge on any atom is -0.390 e. The number of aliphatic hydroxyl groups is 1. The predicted molar refractivity (Wildman–Crippen MR) is 112 cm³/mol. The number of carbonyl (C=O) groups is 1. The Morgan fingerprint density at radius 3 is 2.35 bits per heavy atom. The highest BCUT2D eigenvalue weighted by Crippen LogP contribution is 2.68. The smallest absolute Gasteiger partial charge is 0.390 e. The molecule has 0 spiro atoms. The Bertz CT molecular complexity index is 705. The maximum atomic E-state index is 12.6. The van der Waals surface area contributed by atoms with Gasteiger partial charge in [-0.15, -0.1) is 0 Å². The van der Waals surface area contributed by atoms with Crippen LogP contribution in [0.3, 0.4) is 0 Å². The van der Waals surface area contributed by atoms with Crippen LogP contribution in [0.1, 0.15) is 85.5 Å². The zero-order valence-corrected chi connectivity index (χ0v) is 19.4. The highest BCUT2D eigenvalue weighted by molar-refractivity contribution is 5.85. The van der Waals surface area contributed by atoms with E-state index in [-0.39, 0.29) is 17.4 Å². The SMILES string of the molecule is C[C@H](OCC(=O)C(F)(F)F)[C@H]1CCC2C3CC[C@H]4C[C@@](C)(O)CCC4(C)C3CC[C@@]21C. The van der Waals surface area contributed by atoms with Crippen LogP contribution in [0.4, 0.5) is 13.2 Å². The van der Waals surface area contributed by atoms with Gasteiger partial charge in [0.2, 0.25) is 0 Å². The number of Topliss-reactive ketones (excluding diaryl/α,β-unsaturated/α-hetero) is 1. The van der Waals surface area contributed by atoms with E-state index in [1.54, 1.807) is 0 Å². The number of carbonyl (C=O) groups excluding carboxylic acids is 1. The number of alkyl halides is 3. The molecule has 4 unspecified atom stereocenters. The fourth-order valence-electron chi connectivity index (χ4n) is 8.65. The molecule has 0 aliphatic heterocycles. The second-order valence-electron chi connectivity index (χ2n) is 12.0. The summed E-state index contributed by atoms with van der Waals surface area (Å²) in [4.78, 5) is 11.3. The van der Waals surface area contributed by atoms with Crippen molar-refractivity contribution < 1.29 is 27.8 Å². The van der Waals surface area contributed by atoms with Crippen LogP contribution in [-0.2, 0) is 9.53 Å². The standard InChI is InChI=1S/C25H39F3O3/c1-15(31-14-21(29)25(26,27)28)18-7-8-19-17-6-5-16-13-22(2,30)11-12-23(16,3)20(17)9-10-24(18,19)4/h15-20,30H,5-14H2,1-4H3/t15-,16-,17?,18+,19?,20?,22-,23?,24+/m0/s1. The summed E-state index contributed by atoms with van der Waals surface area (Å²) in [5, 5.41) is 10.6. The van der Waals surface area contributed by atoms with Crippen molar-refractivity contribution in [3.05, 3.63) is 0 Å². The molecule has 0 radical (unpaired) electrons. The van der Waals surface area contributed by atoms with E-state index in [4.69, 9.17) is 4.74 Å². The van der Waals surface area contributed by atoms with E-state index in [9.17, 15) is 23.1 Å². The maximum absolute atomic E-state index is 12.6. The van der Waals surface area contributed by atoms with E-state index in [0.29, 0.717) is 29.1 Å². The predicted octanol–water partition coefficient (Wildman–Crippen LogP) is 5.93. The third-order valence-electron chi connectivity index (χ3n) is 10.4. The molecule has 6 heteroatoms. The van der Waals surface area contributed by atoms with E-state index >= 15 is 0 Å². The van der Waals surface area contributed by atoms with Gasteiger partial charge in [-0.1, -0.05) is 13.8 Å². The van der Waals surface area contributed by atoms with E-state index in [2.05, 4.69) is 13.8 Å². The molecule has 0 aromatic heterocycles. The average molecular weight is 445 g/mol. The molecule has 0 heterocycles. The van der Waals surface area contributed by atoms with Crippen molar-refractivity contribution in [3.63, 3.8) is 0 Å². The van der Waals surface area contributed by atoms with E-state index in [1.165, 1.54) is 12.8 Å². The van der Waals surface area contributed by atoms with Gasteiger partial charge >= 0.3 is 6.18 Å². The number of fused-ring (bicyclic) bond motifs is 5. The lowest BCUT2D eigenvalue weighted by molar-refractivity contribution is -0.179. The molecule has 4 fully saturated rings. The highest BCUT2D eigenvalue weighted by Gasteiger charge is 2.61. The van der Waals surface area contributed by atoms with Gasteiger partial charge in [0.25, 0.3) is 5.78 Å². The summed E-state index contributed by atoms with van der Waals surface area (Å²) in [5.74, 6) is 0.939. The van der Waals surface area contributed by atoms with Gasteiger partial charge in [-0.2, -0.15) is 13.2 Å². The monoisotopic (exact) mass is 444 g/mol. The minimum atomic E-state index is -4.82. The molecule has 3 nitrogen and oxygen atoms in total. The fraction of sp³-hybridized carbons (Fsp3) is 0.960. The molecular formula is C25H39F3O3. The van der Waals surface area contributed by atoms with Crippen molar-refractivity contribution in [2.45, 2.75) is 103 Å². The van der Waals surface area contributed by atoms with Crippen LogP contribution in [0, 0.1) is 40.4 Å². The largest absolute Gasteiger partial charge is 0.452 e. The Balaban J connectivity index is 1.46. The van der Waals surface area contributed by atoms with Gasteiger partial charge in [-0.3, -0.25) is 4.79 Å². The van der Waals surface area contributed by atoms with Crippen LogP contribution in [0.25, 0.3) is 0 Å². The second kappa shape index (κ2) is 7.72. The number of hydrogen-bond acceptors (Lipinski definition) is 3. The molecule has 0 aromatic carbocycles. The summed E-state index contributed by atoms with van der Waals surface area (Å²) >= 11 is 0. The van der Waals surface area contributed by atoms with Gasteiger partial charge < -0.3 is 9.84 Å². The van der Waals surface area contributed by atoms with Gasteiger partial charge in [-0.05, 0) is 112 Å². The zero-order chi connectivity index (χ0) is 22.8. The van der Waals surface area contributed by atoms with Crippen molar-refractivity contribution >= 4 is 5.78 Å². The summed E-state index contributed by atoms with van der Waals surface area (Å²) in [5.41, 5.74) is -0.156. The first-order valence-electron chi connectivity index (χ1n) is 12.2. The summed E-state index contributed by atoms with van der Waals surface area (Å²) in [6, 6.07) is 0. The van der Waals surface area contributed by atoms with Gasteiger partial charge in [0, 0.05) is 0 Å². The van der Waals surface area contributed by atoms with E-state index in [0.717, 1.165) is 44.9 Å². The van der Waals surface area contributed by atoms with Gasteiger partial charge in [0.15, 0.2) is 0 Å². The molecule has 9 atom stereocenters. The molecule has 4 aliphatic carbocycles. The summed E-state index contributed by atoms with van der Waals surface area (Å²) < 4.78 is 43.2. The second-order valence-corrected chi connectivity index (χ2v) is 12.0. The first kappa shape index (κ1) is 23.5. The fourth-order valence-corrected chi connectivity index (χ4v) is 8.65. The molecular weight excluding hydrogens is 405 g/mol. The summed E-state index contributed by atoms with van der Waals surface area (Å²) in [7, 11) is 0. The van der Waals surface area contributed by atoms with Gasteiger partial charge in [-0.25, -0.2) is 0 Å². The molecule has 4 saturated carbocycles. The van der Waals surface area contributed by atoms with E-state index in [1.807, 2.05) is 13.8 Å². The lowest BCUT2D eigenvalue weighted by atomic mass is 9.44. The number of ether oxygens (including phenoxy) is 1. The topological polar surface area (TPSA) is 46.5 Å². The molecule has 0 saturated heterocycles. The number of hydrogen-bond donors (Lipinski definition) is 1. The van der Waals surface area contributed by atoms with Crippen molar-refractivity contribution in [3.8, 4) is 0 Å². The van der Waals surface area contributed by atoms with E-state index < -0.39 is 24.2 Å². The Hall–Kier alpha value is -0.620. The lowest BCUT2D eigenvalue weighted by Crippen LogP contribution is -2.55. The Morgan fingerprint density at radius 2 is 1.68 bits per heavy atom. The summed E-state index contributed by atoms with van der Waals surface area (Å²) in [6.45, 7) is 7.77. The molecule has 1 N–H and O–H groups in total. The molecule has 0 amide bonds. The third-order valence-corrected chi connectivity index (χ3v) is 10.4. The number of rotatable bonds is 4. The quantitative estimate of drug-likeness (QED) is 0.584. The molecule has 0 bridgehead atoms. The van der Waals surface area contributed by atoms with Crippen molar-refractivity contribution in [1.82, 2.24) is 0 Å². The van der Waals surface area contributed by atoms with Crippen molar-refractivity contribution in [1.29, 1.82) is 0 Å². The van der Waals surface area contributed by atoms with Crippen LogP contribution in [-0.4, -0.2) is 35.4 Å².